The van der Waals surface area contributed by atoms with Gasteiger partial charge in [0.05, 0.1) is 5.25 Å². The van der Waals surface area contributed by atoms with Crippen molar-refractivity contribution in [3.05, 3.63) is 0 Å². The molecule has 0 aromatic heterocycles. The molecule has 2 atom stereocenters. The monoisotopic (exact) mass is 234 g/mol. The summed E-state index contributed by atoms with van der Waals surface area (Å²) < 4.78 is 4.99. The Morgan fingerprint density at radius 3 is 2.93 bits per heavy atom. The van der Waals surface area contributed by atoms with E-state index < -0.39 is 0 Å². The second kappa shape index (κ2) is 6.75. The molecule has 14 heavy (non-hydrogen) atoms. The third-order valence-corrected chi connectivity index (χ3v) is 5.15. The number of methoxy groups -OCH3 is 1. The van der Waals surface area contributed by atoms with Crippen molar-refractivity contribution >= 4 is 29.3 Å². The quantitative estimate of drug-likeness (QED) is 0.727. The number of hydrogen-bond acceptors (Lipinski definition) is 4. The number of rotatable bonds is 5. The lowest BCUT2D eigenvalue weighted by molar-refractivity contribution is -0.122. The molecule has 0 aromatic rings. The molecule has 0 saturated carbocycles. The highest BCUT2D eigenvalue weighted by Gasteiger charge is 2.25. The molecule has 0 bridgehead atoms. The Hall–Kier alpha value is 0.330. The Kier molecular flexibility index (Phi) is 5.98. The van der Waals surface area contributed by atoms with Crippen molar-refractivity contribution in [2.45, 2.75) is 18.6 Å². The van der Waals surface area contributed by atoms with Gasteiger partial charge in [0, 0.05) is 36.9 Å². The summed E-state index contributed by atoms with van der Waals surface area (Å²) in [6.45, 7) is 2.71. The molecular weight excluding hydrogens is 216 g/mol. The smallest absolute Gasteiger partial charge is 0.149 e. The van der Waals surface area contributed by atoms with Crippen LogP contribution in [-0.4, -0.2) is 42.0 Å². The minimum absolute atomic E-state index is 0.158. The van der Waals surface area contributed by atoms with Crippen LogP contribution in [-0.2, 0) is 9.53 Å². The molecule has 1 saturated heterocycles. The summed E-state index contributed by atoms with van der Waals surface area (Å²) in [7, 11) is 1.68. The Morgan fingerprint density at radius 2 is 2.36 bits per heavy atom. The zero-order valence-corrected chi connectivity index (χ0v) is 10.5. The fourth-order valence-electron chi connectivity index (χ4n) is 1.41. The summed E-state index contributed by atoms with van der Waals surface area (Å²) in [6.07, 6.45) is 0.858. The number of thioether (sulfide) groups is 2. The molecule has 0 radical (unpaired) electrons. The number of hydrogen-bond donors (Lipinski definition) is 0. The van der Waals surface area contributed by atoms with Gasteiger partial charge in [0.15, 0.2) is 0 Å². The first-order valence-corrected chi connectivity index (χ1v) is 7.18. The maximum absolute atomic E-state index is 11.9. The molecule has 2 nitrogen and oxygen atoms in total. The molecule has 0 N–H and O–H groups in total. The molecule has 0 amide bonds. The molecule has 1 rings (SSSR count). The summed E-state index contributed by atoms with van der Waals surface area (Å²) >= 11 is 3.72. The molecule has 0 spiro atoms. The van der Waals surface area contributed by atoms with Crippen LogP contribution in [0.25, 0.3) is 0 Å². The van der Waals surface area contributed by atoms with Gasteiger partial charge in [-0.1, -0.05) is 6.92 Å². The van der Waals surface area contributed by atoms with Crippen LogP contribution < -0.4 is 0 Å². The third-order valence-electron chi connectivity index (χ3n) is 2.37. The van der Waals surface area contributed by atoms with E-state index in [9.17, 15) is 4.79 Å². The van der Waals surface area contributed by atoms with Gasteiger partial charge < -0.3 is 4.74 Å². The lowest BCUT2D eigenvalue weighted by atomic mass is 10.0. The SMILES string of the molecule is COCCC(C)C(=O)C1CSCCS1. The zero-order valence-electron chi connectivity index (χ0n) is 8.82. The van der Waals surface area contributed by atoms with Crippen LogP contribution >= 0.6 is 23.5 Å². The Morgan fingerprint density at radius 1 is 1.57 bits per heavy atom. The van der Waals surface area contributed by atoms with E-state index in [0.29, 0.717) is 12.4 Å². The minimum Gasteiger partial charge on any atom is -0.385 e. The fraction of sp³-hybridized carbons (Fsp3) is 0.900. The van der Waals surface area contributed by atoms with Gasteiger partial charge in [-0.15, -0.1) is 11.8 Å². The van der Waals surface area contributed by atoms with Crippen molar-refractivity contribution in [1.29, 1.82) is 0 Å². The van der Waals surface area contributed by atoms with Crippen LogP contribution in [0.4, 0.5) is 0 Å². The van der Waals surface area contributed by atoms with E-state index in [1.165, 1.54) is 5.75 Å². The molecule has 1 aliphatic heterocycles. The average Bonchev–Trinajstić information content (AvgIpc) is 2.26. The number of ketones is 1. The third kappa shape index (κ3) is 3.83. The van der Waals surface area contributed by atoms with Crippen molar-refractivity contribution in [3.63, 3.8) is 0 Å². The summed E-state index contributed by atoms with van der Waals surface area (Å²) in [5.41, 5.74) is 0. The molecule has 0 aliphatic carbocycles. The predicted octanol–water partition coefficient (Wildman–Crippen LogP) is 2.08. The van der Waals surface area contributed by atoms with E-state index in [4.69, 9.17) is 4.74 Å². The van der Waals surface area contributed by atoms with Crippen molar-refractivity contribution in [3.8, 4) is 0 Å². The van der Waals surface area contributed by atoms with Crippen LogP contribution in [0.5, 0.6) is 0 Å². The van der Waals surface area contributed by atoms with Crippen LogP contribution in [0.2, 0.25) is 0 Å². The maximum Gasteiger partial charge on any atom is 0.149 e. The normalized spacial score (nSPS) is 24.6. The van der Waals surface area contributed by atoms with E-state index in [-0.39, 0.29) is 11.2 Å². The highest BCUT2D eigenvalue weighted by atomic mass is 32.2. The first-order chi connectivity index (χ1) is 6.75. The van der Waals surface area contributed by atoms with Gasteiger partial charge in [-0.25, -0.2) is 0 Å². The van der Waals surface area contributed by atoms with E-state index >= 15 is 0 Å². The van der Waals surface area contributed by atoms with Gasteiger partial charge in [0.2, 0.25) is 0 Å². The highest BCUT2D eigenvalue weighted by molar-refractivity contribution is 8.07. The first-order valence-electron chi connectivity index (χ1n) is 4.97. The molecule has 4 heteroatoms. The minimum atomic E-state index is 0.158. The number of ether oxygens (including phenoxy) is 1. The summed E-state index contributed by atoms with van der Waals surface area (Å²) in [4.78, 5) is 11.9. The van der Waals surface area contributed by atoms with Gasteiger partial charge in [-0.05, 0) is 6.42 Å². The number of Topliss-reactive ketones (excluding diaryl/α,β-unsaturated/α-hetero) is 1. The molecule has 1 heterocycles. The van der Waals surface area contributed by atoms with Crippen LogP contribution in [0, 0.1) is 5.92 Å². The first kappa shape index (κ1) is 12.4. The van der Waals surface area contributed by atoms with Gasteiger partial charge >= 0.3 is 0 Å². The molecule has 2 unspecified atom stereocenters. The standard InChI is InChI=1S/C10H18O2S2/c1-8(3-4-12-2)10(11)9-7-13-5-6-14-9/h8-9H,3-7H2,1-2H3. The average molecular weight is 234 g/mol. The van der Waals surface area contributed by atoms with E-state index in [1.807, 2.05) is 30.4 Å². The van der Waals surface area contributed by atoms with Gasteiger partial charge in [0.25, 0.3) is 0 Å². The second-order valence-electron chi connectivity index (χ2n) is 3.52. The van der Waals surface area contributed by atoms with Gasteiger partial charge in [-0.2, -0.15) is 11.8 Å². The fourth-order valence-corrected chi connectivity index (χ4v) is 4.16. The Balaban J connectivity index is 2.30. The van der Waals surface area contributed by atoms with E-state index in [1.54, 1.807) is 7.11 Å². The Bertz CT molecular complexity index is 179. The number of carbonyl (C=O) groups excluding carboxylic acids is 1. The van der Waals surface area contributed by atoms with Crippen LogP contribution in [0.15, 0.2) is 0 Å². The summed E-state index contributed by atoms with van der Waals surface area (Å²) in [5.74, 6) is 3.89. The molecule has 1 fully saturated rings. The topological polar surface area (TPSA) is 26.3 Å². The van der Waals surface area contributed by atoms with Crippen LogP contribution in [0.1, 0.15) is 13.3 Å². The molecule has 82 valence electrons. The lowest BCUT2D eigenvalue weighted by Gasteiger charge is -2.22. The Labute approximate surface area is 94.5 Å². The van der Waals surface area contributed by atoms with Crippen molar-refractivity contribution in [1.82, 2.24) is 0 Å². The summed E-state index contributed by atoms with van der Waals surface area (Å²) in [5, 5.41) is 0.237. The number of carbonyl (C=O) groups is 1. The largest absolute Gasteiger partial charge is 0.385 e. The highest BCUT2D eigenvalue weighted by Crippen LogP contribution is 2.27. The lowest BCUT2D eigenvalue weighted by Crippen LogP contribution is -2.29. The van der Waals surface area contributed by atoms with Crippen molar-refractivity contribution in [2.24, 2.45) is 5.92 Å². The van der Waals surface area contributed by atoms with E-state index in [0.717, 1.165) is 17.9 Å². The van der Waals surface area contributed by atoms with Gasteiger partial charge in [0.1, 0.15) is 5.78 Å². The summed E-state index contributed by atoms with van der Waals surface area (Å²) in [6, 6.07) is 0. The predicted molar refractivity (Wildman–Crippen MR) is 64.2 cm³/mol. The zero-order chi connectivity index (χ0) is 10.4. The molecule has 0 aromatic carbocycles. The van der Waals surface area contributed by atoms with Crippen molar-refractivity contribution in [2.75, 3.05) is 31.0 Å². The second-order valence-corrected chi connectivity index (χ2v) is 5.98. The van der Waals surface area contributed by atoms with Crippen molar-refractivity contribution < 1.29 is 9.53 Å². The molecular formula is C10H18O2S2. The van der Waals surface area contributed by atoms with Crippen LogP contribution in [0.3, 0.4) is 0 Å². The van der Waals surface area contributed by atoms with Gasteiger partial charge in [-0.3, -0.25) is 4.79 Å². The maximum atomic E-state index is 11.9. The van der Waals surface area contributed by atoms with E-state index in [2.05, 4.69) is 0 Å². The molecule has 1 aliphatic rings.